The number of amides is 2. The van der Waals surface area contributed by atoms with Crippen LogP contribution >= 0.6 is 11.6 Å². The smallest absolute Gasteiger partial charge is 0.251 e. The van der Waals surface area contributed by atoms with Gasteiger partial charge in [-0.25, -0.2) is 0 Å². The highest BCUT2D eigenvalue weighted by atomic mass is 35.5. The molecule has 0 radical (unpaired) electrons. The molecule has 0 aliphatic carbocycles. The molecule has 2 aromatic rings. The molecule has 3 rings (SSSR count). The molecule has 174 valence electrons. The van der Waals surface area contributed by atoms with Crippen LogP contribution in [0.15, 0.2) is 36.4 Å². The minimum atomic E-state index is -0.302. The lowest BCUT2D eigenvalue weighted by molar-refractivity contribution is -0.133. The van der Waals surface area contributed by atoms with Gasteiger partial charge in [0.2, 0.25) is 5.91 Å². The molecule has 2 aromatic carbocycles. The first kappa shape index (κ1) is 24.5. The van der Waals surface area contributed by atoms with E-state index in [4.69, 9.17) is 17.3 Å². The summed E-state index contributed by atoms with van der Waals surface area (Å²) in [5, 5.41) is 9.14. The van der Waals surface area contributed by atoms with Crippen molar-refractivity contribution in [1.82, 2.24) is 15.5 Å². The summed E-state index contributed by atoms with van der Waals surface area (Å²) in [5.41, 5.74) is 6.39. The molecule has 0 unspecified atom stereocenters. The van der Waals surface area contributed by atoms with Crippen molar-refractivity contribution in [2.45, 2.75) is 51.6 Å². The first-order chi connectivity index (χ1) is 15.4. The van der Waals surface area contributed by atoms with Crippen LogP contribution in [-0.2, 0) is 4.79 Å². The van der Waals surface area contributed by atoms with E-state index in [0.29, 0.717) is 42.6 Å². The summed E-state index contributed by atoms with van der Waals surface area (Å²) in [7, 11) is 0. The van der Waals surface area contributed by atoms with Gasteiger partial charge >= 0.3 is 0 Å². The summed E-state index contributed by atoms with van der Waals surface area (Å²) in [6, 6.07) is 10.9. The quantitative estimate of drug-likeness (QED) is 0.536. The molecule has 1 aliphatic heterocycles. The summed E-state index contributed by atoms with van der Waals surface area (Å²) in [6.07, 6.45) is 3.51. The molecule has 0 saturated carbocycles. The molecule has 32 heavy (non-hydrogen) atoms. The molecule has 2 amide bonds. The van der Waals surface area contributed by atoms with Gasteiger partial charge in [0.05, 0.1) is 6.04 Å². The van der Waals surface area contributed by atoms with Gasteiger partial charge in [0.1, 0.15) is 0 Å². The highest BCUT2D eigenvalue weighted by molar-refractivity contribution is 6.31. The number of hydrogen-bond donors (Lipinski definition) is 3. The van der Waals surface area contributed by atoms with Gasteiger partial charge < -0.3 is 21.3 Å². The van der Waals surface area contributed by atoms with E-state index in [-0.39, 0.29) is 23.9 Å². The molecule has 1 aliphatic rings. The highest BCUT2D eigenvalue weighted by Gasteiger charge is 2.31. The number of hydrogen-bond acceptors (Lipinski definition) is 4. The lowest BCUT2D eigenvalue weighted by atomic mass is 10.0. The van der Waals surface area contributed by atoms with Crippen molar-refractivity contribution in [1.29, 1.82) is 0 Å². The molecule has 0 aromatic heterocycles. The predicted molar refractivity (Wildman–Crippen MR) is 131 cm³/mol. The maximum Gasteiger partial charge on any atom is 0.251 e. The van der Waals surface area contributed by atoms with E-state index >= 15 is 0 Å². The molecular weight excluding hydrogens is 424 g/mol. The molecule has 4 N–H and O–H groups in total. The van der Waals surface area contributed by atoms with Crippen molar-refractivity contribution in [3.8, 4) is 0 Å². The number of nitrogens with two attached hydrogens (primary N) is 1. The fraction of sp³-hybridized carbons (Fsp3) is 0.520. The van der Waals surface area contributed by atoms with Crippen molar-refractivity contribution in [3.63, 3.8) is 0 Å². The van der Waals surface area contributed by atoms with Gasteiger partial charge in [-0.2, -0.15) is 0 Å². The number of nitrogens with one attached hydrogen (secondary N) is 2. The van der Waals surface area contributed by atoms with Gasteiger partial charge in [0.15, 0.2) is 0 Å². The van der Waals surface area contributed by atoms with Gasteiger partial charge in [-0.3, -0.25) is 9.59 Å². The van der Waals surface area contributed by atoms with Crippen molar-refractivity contribution in [3.05, 3.63) is 47.0 Å². The molecule has 1 fully saturated rings. The third-order valence-electron chi connectivity index (χ3n) is 6.46. The van der Waals surface area contributed by atoms with Crippen LogP contribution in [0.5, 0.6) is 0 Å². The first-order valence-electron chi connectivity index (χ1n) is 11.7. The Hall–Kier alpha value is -2.15. The second-order valence-electron chi connectivity index (χ2n) is 8.67. The van der Waals surface area contributed by atoms with Crippen molar-refractivity contribution in [2.75, 3.05) is 26.2 Å². The van der Waals surface area contributed by atoms with Gasteiger partial charge in [-0.05, 0) is 60.3 Å². The van der Waals surface area contributed by atoms with E-state index in [1.165, 1.54) is 0 Å². The fourth-order valence-corrected chi connectivity index (χ4v) is 4.51. The lowest BCUT2D eigenvalue weighted by Crippen LogP contribution is -2.50. The topological polar surface area (TPSA) is 87.5 Å². The Morgan fingerprint density at radius 2 is 1.94 bits per heavy atom. The van der Waals surface area contributed by atoms with E-state index in [9.17, 15) is 9.59 Å². The summed E-state index contributed by atoms with van der Waals surface area (Å²) in [4.78, 5) is 27.8. The van der Waals surface area contributed by atoms with Crippen LogP contribution in [0, 0.1) is 5.92 Å². The third-order valence-corrected chi connectivity index (χ3v) is 6.69. The zero-order chi connectivity index (χ0) is 23.1. The summed E-state index contributed by atoms with van der Waals surface area (Å²) in [6.45, 7) is 6.74. The molecule has 2 atom stereocenters. The SMILES string of the molecule is CCC(CC)CN1CC[C@@H](CNC(=O)c2ccc3cc(Cl)ccc3c2)N[C@@H](CCN)C1=O. The molecular formula is C25H35ClN4O2. The van der Waals surface area contributed by atoms with Crippen molar-refractivity contribution in [2.24, 2.45) is 11.7 Å². The normalized spacial score (nSPS) is 19.4. The van der Waals surface area contributed by atoms with Crippen molar-refractivity contribution < 1.29 is 9.59 Å². The molecule has 6 nitrogen and oxygen atoms in total. The Kier molecular flexibility index (Phi) is 8.91. The minimum absolute atomic E-state index is 0.0189. The maximum absolute atomic E-state index is 13.1. The van der Waals surface area contributed by atoms with Crippen LogP contribution in [0.4, 0.5) is 0 Å². The standard InChI is InChI=1S/C25H35ClN4O2/c1-3-17(4-2)16-30-12-10-22(29-23(9-11-27)25(30)32)15-28-24(31)20-6-5-19-14-21(26)8-7-18(19)13-20/h5-8,13-14,17,22-23,29H,3-4,9-12,15-16,27H2,1-2H3,(H,28,31)/t22-,23-/m0/s1. The van der Waals surface area contributed by atoms with E-state index in [1.54, 1.807) is 0 Å². The highest BCUT2D eigenvalue weighted by Crippen LogP contribution is 2.21. The molecule has 0 spiro atoms. The first-order valence-corrected chi connectivity index (χ1v) is 12.0. The zero-order valence-corrected chi connectivity index (χ0v) is 19.8. The van der Waals surface area contributed by atoms with Crippen LogP contribution in [0.25, 0.3) is 10.8 Å². The molecule has 1 saturated heterocycles. The number of rotatable bonds is 9. The Bertz CT molecular complexity index is 931. The monoisotopic (exact) mass is 458 g/mol. The number of carbonyl (C=O) groups excluding carboxylic acids is 2. The Morgan fingerprint density at radius 1 is 1.22 bits per heavy atom. The maximum atomic E-state index is 13.1. The summed E-state index contributed by atoms with van der Waals surface area (Å²) < 4.78 is 0. The fourth-order valence-electron chi connectivity index (χ4n) is 4.33. The third kappa shape index (κ3) is 6.21. The van der Waals surface area contributed by atoms with E-state index < -0.39 is 0 Å². The number of carbonyl (C=O) groups is 2. The Balaban J connectivity index is 1.64. The van der Waals surface area contributed by atoms with E-state index in [2.05, 4.69) is 24.5 Å². The number of halogens is 1. The van der Waals surface area contributed by atoms with Gasteiger partial charge in [0.25, 0.3) is 5.91 Å². The molecule has 1 heterocycles. The second-order valence-corrected chi connectivity index (χ2v) is 9.10. The minimum Gasteiger partial charge on any atom is -0.350 e. The molecule has 7 heteroatoms. The summed E-state index contributed by atoms with van der Waals surface area (Å²) in [5.74, 6) is 0.518. The summed E-state index contributed by atoms with van der Waals surface area (Å²) >= 11 is 6.05. The number of fused-ring (bicyclic) bond motifs is 1. The Morgan fingerprint density at radius 3 is 2.66 bits per heavy atom. The van der Waals surface area contributed by atoms with Gasteiger partial charge in [0, 0.05) is 36.3 Å². The average Bonchev–Trinajstić information content (AvgIpc) is 2.94. The lowest BCUT2D eigenvalue weighted by Gasteiger charge is -2.27. The zero-order valence-electron chi connectivity index (χ0n) is 19.1. The largest absolute Gasteiger partial charge is 0.350 e. The van der Waals surface area contributed by atoms with E-state index in [0.717, 1.165) is 36.6 Å². The number of benzene rings is 2. The van der Waals surface area contributed by atoms with Gasteiger partial charge in [-0.1, -0.05) is 50.4 Å². The van der Waals surface area contributed by atoms with Crippen LogP contribution in [0.3, 0.4) is 0 Å². The second kappa shape index (κ2) is 11.6. The van der Waals surface area contributed by atoms with Crippen LogP contribution < -0.4 is 16.4 Å². The molecule has 0 bridgehead atoms. The van der Waals surface area contributed by atoms with Gasteiger partial charge in [-0.15, -0.1) is 0 Å². The van der Waals surface area contributed by atoms with Crippen LogP contribution in [0.2, 0.25) is 5.02 Å². The number of nitrogens with zero attached hydrogens (tertiary/aromatic N) is 1. The van der Waals surface area contributed by atoms with E-state index in [1.807, 2.05) is 41.3 Å². The van der Waals surface area contributed by atoms with Crippen LogP contribution in [-0.4, -0.2) is 55.0 Å². The van der Waals surface area contributed by atoms with Crippen LogP contribution in [0.1, 0.15) is 49.9 Å². The average molecular weight is 459 g/mol. The predicted octanol–water partition coefficient (Wildman–Crippen LogP) is 3.57. The Labute approximate surface area is 195 Å². The van der Waals surface area contributed by atoms with Crippen molar-refractivity contribution >= 4 is 34.2 Å².